The van der Waals surface area contributed by atoms with Crippen molar-refractivity contribution in [1.29, 1.82) is 0 Å². The van der Waals surface area contributed by atoms with Crippen LogP contribution in [0.5, 0.6) is 0 Å². The number of aliphatic hydroxyl groups excluding tert-OH is 1. The summed E-state index contributed by atoms with van der Waals surface area (Å²) in [4.78, 5) is 2.55. The molecule has 0 bridgehead atoms. The van der Waals surface area contributed by atoms with Gasteiger partial charge in [0.05, 0.1) is 12.7 Å². The minimum Gasteiger partial charge on any atom is -0.393 e. The average molecular weight is 348 g/mol. The molecule has 1 aliphatic heterocycles. The zero-order valence-corrected chi connectivity index (χ0v) is 16.5. The molecule has 5 rings (SSSR count). The zero-order valence-electron chi connectivity index (χ0n) is 16.5. The van der Waals surface area contributed by atoms with Crippen molar-refractivity contribution in [3.8, 4) is 0 Å². The van der Waals surface area contributed by atoms with E-state index in [4.69, 9.17) is 4.74 Å². The molecule has 4 saturated carbocycles. The van der Waals surface area contributed by atoms with E-state index in [1.165, 1.54) is 44.9 Å². The third kappa shape index (κ3) is 2.04. The van der Waals surface area contributed by atoms with E-state index in [0.717, 1.165) is 49.7 Å². The molecule has 0 aromatic rings. The highest BCUT2D eigenvalue weighted by Gasteiger charge is 2.67. The summed E-state index contributed by atoms with van der Waals surface area (Å²) in [5.74, 6) is 3.39. The molecule has 8 atom stereocenters. The number of nitrogens with zero attached hydrogens (tertiary/aromatic N) is 1. The maximum atomic E-state index is 10.2. The van der Waals surface area contributed by atoms with Crippen LogP contribution >= 0.6 is 0 Å². The van der Waals surface area contributed by atoms with Crippen LogP contribution in [0.4, 0.5) is 0 Å². The van der Waals surface area contributed by atoms with Crippen LogP contribution < -0.4 is 0 Å². The molecular weight excluding hydrogens is 310 g/mol. The van der Waals surface area contributed by atoms with Crippen molar-refractivity contribution >= 4 is 0 Å². The molecule has 1 saturated heterocycles. The standard InChI is InChI=1S/C22H37NO2/c1-20-9-6-16(24)14-15(20)4-5-17-18(20)7-10-21(2)19(17)8-11-22(21)23(3)12-13-25-22/h15-19,24H,4-14H2,1-3H3/t15-,16-,17-,18+,19+,20-,21+,22-/m0/s1. The molecule has 0 aromatic heterocycles. The number of hydrogen-bond acceptors (Lipinski definition) is 3. The topological polar surface area (TPSA) is 32.7 Å². The van der Waals surface area contributed by atoms with E-state index in [9.17, 15) is 5.11 Å². The molecule has 0 unspecified atom stereocenters. The highest BCUT2D eigenvalue weighted by Crippen LogP contribution is 2.69. The summed E-state index contributed by atoms with van der Waals surface area (Å²) in [6.07, 6.45) is 11.4. The first-order valence-corrected chi connectivity index (χ1v) is 10.9. The van der Waals surface area contributed by atoms with Crippen LogP contribution in [0.25, 0.3) is 0 Å². The van der Waals surface area contributed by atoms with Crippen LogP contribution in [-0.4, -0.2) is 42.0 Å². The van der Waals surface area contributed by atoms with Crippen LogP contribution in [0, 0.1) is 34.5 Å². The second kappa shape index (κ2) is 5.45. The van der Waals surface area contributed by atoms with E-state index in [2.05, 4.69) is 25.8 Å². The van der Waals surface area contributed by atoms with Crippen LogP contribution in [0.15, 0.2) is 0 Å². The fourth-order valence-electron chi connectivity index (χ4n) is 8.72. The molecule has 5 fully saturated rings. The summed E-state index contributed by atoms with van der Waals surface area (Å²) in [6, 6.07) is 0. The Labute approximate surface area is 153 Å². The molecule has 5 aliphatic rings. The Morgan fingerprint density at radius 1 is 0.960 bits per heavy atom. The lowest BCUT2D eigenvalue weighted by atomic mass is 9.44. The van der Waals surface area contributed by atoms with Gasteiger partial charge in [0.1, 0.15) is 5.72 Å². The maximum Gasteiger partial charge on any atom is 0.127 e. The predicted octanol–water partition coefficient (Wildman–Crippen LogP) is 4.05. The zero-order chi connectivity index (χ0) is 17.4. The van der Waals surface area contributed by atoms with Crippen molar-refractivity contribution in [3.63, 3.8) is 0 Å². The third-order valence-corrected chi connectivity index (χ3v) is 10.1. The molecule has 1 spiro atoms. The van der Waals surface area contributed by atoms with Crippen LogP contribution in [0.3, 0.4) is 0 Å². The third-order valence-electron chi connectivity index (χ3n) is 10.1. The first kappa shape index (κ1) is 17.0. The van der Waals surface area contributed by atoms with Gasteiger partial charge in [-0.25, -0.2) is 0 Å². The first-order chi connectivity index (χ1) is 11.9. The van der Waals surface area contributed by atoms with Gasteiger partial charge in [-0.3, -0.25) is 4.90 Å². The summed E-state index contributed by atoms with van der Waals surface area (Å²) in [7, 11) is 2.30. The number of likely N-dealkylation sites (N-methyl/N-ethyl adjacent to an activating group) is 1. The molecule has 1 N–H and O–H groups in total. The van der Waals surface area contributed by atoms with E-state index in [-0.39, 0.29) is 11.8 Å². The molecule has 0 radical (unpaired) electrons. The Morgan fingerprint density at radius 3 is 2.52 bits per heavy atom. The van der Waals surface area contributed by atoms with Gasteiger partial charge in [0, 0.05) is 12.0 Å². The molecule has 3 nitrogen and oxygen atoms in total. The van der Waals surface area contributed by atoms with Crippen LogP contribution in [-0.2, 0) is 4.74 Å². The second-order valence-electron chi connectivity index (χ2n) is 10.6. The highest BCUT2D eigenvalue weighted by atomic mass is 16.5. The normalized spacial score (nSPS) is 58.8. The molecule has 1 heterocycles. The number of hydrogen-bond donors (Lipinski definition) is 1. The Bertz CT molecular complexity index is 552. The van der Waals surface area contributed by atoms with Crippen molar-refractivity contribution in [2.24, 2.45) is 34.5 Å². The lowest BCUT2D eigenvalue weighted by molar-refractivity contribution is -0.196. The van der Waals surface area contributed by atoms with Crippen molar-refractivity contribution in [3.05, 3.63) is 0 Å². The van der Waals surface area contributed by atoms with Gasteiger partial charge in [0.15, 0.2) is 0 Å². The minimum absolute atomic E-state index is 0.0289. The van der Waals surface area contributed by atoms with Crippen molar-refractivity contribution in [2.45, 2.75) is 83.5 Å². The molecule has 3 heteroatoms. The molecule has 142 valence electrons. The van der Waals surface area contributed by atoms with Crippen molar-refractivity contribution in [1.82, 2.24) is 4.90 Å². The van der Waals surface area contributed by atoms with E-state index in [0.29, 0.717) is 10.8 Å². The van der Waals surface area contributed by atoms with Gasteiger partial charge < -0.3 is 9.84 Å². The Morgan fingerprint density at radius 2 is 1.76 bits per heavy atom. The number of ether oxygens (including phenoxy) is 1. The van der Waals surface area contributed by atoms with E-state index in [1.54, 1.807) is 0 Å². The van der Waals surface area contributed by atoms with Crippen LogP contribution in [0.1, 0.15) is 71.6 Å². The summed E-state index contributed by atoms with van der Waals surface area (Å²) in [6.45, 7) is 7.19. The maximum absolute atomic E-state index is 10.2. The molecule has 0 amide bonds. The quantitative estimate of drug-likeness (QED) is 0.717. The fraction of sp³-hybridized carbons (Fsp3) is 1.00. The van der Waals surface area contributed by atoms with Crippen molar-refractivity contribution < 1.29 is 9.84 Å². The monoisotopic (exact) mass is 347 g/mol. The largest absolute Gasteiger partial charge is 0.393 e. The Balaban J connectivity index is 1.46. The van der Waals surface area contributed by atoms with Crippen LogP contribution in [0.2, 0.25) is 0 Å². The highest BCUT2D eigenvalue weighted by molar-refractivity contribution is 5.15. The number of rotatable bonds is 0. The van der Waals surface area contributed by atoms with Gasteiger partial charge >= 0.3 is 0 Å². The smallest absolute Gasteiger partial charge is 0.127 e. The molecule has 0 aromatic carbocycles. The van der Waals surface area contributed by atoms with Crippen molar-refractivity contribution in [2.75, 3.05) is 20.2 Å². The lowest BCUT2D eigenvalue weighted by Crippen LogP contribution is -2.59. The number of fused-ring (bicyclic) bond motifs is 6. The van der Waals surface area contributed by atoms with Gasteiger partial charge in [-0.05, 0) is 93.9 Å². The molecule has 4 aliphatic carbocycles. The van der Waals surface area contributed by atoms with Gasteiger partial charge in [-0.1, -0.05) is 13.8 Å². The van der Waals surface area contributed by atoms with E-state index < -0.39 is 0 Å². The van der Waals surface area contributed by atoms with E-state index in [1.807, 2.05) is 0 Å². The summed E-state index contributed by atoms with van der Waals surface area (Å²) < 4.78 is 6.50. The average Bonchev–Trinajstić information content (AvgIpc) is 3.10. The molecular formula is C22H37NO2. The molecule has 25 heavy (non-hydrogen) atoms. The van der Waals surface area contributed by atoms with E-state index >= 15 is 0 Å². The second-order valence-corrected chi connectivity index (χ2v) is 10.6. The van der Waals surface area contributed by atoms with Gasteiger partial charge in [-0.2, -0.15) is 0 Å². The first-order valence-electron chi connectivity index (χ1n) is 10.9. The van der Waals surface area contributed by atoms with Gasteiger partial charge in [0.2, 0.25) is 0 Å². The fourth-order valence-corrected chi connectivity index (χ4v) is 8.72. The summed E-state index contributed by atoms with van der Waals surface area (Å²) in [5, 5.41) is 10.2. The summed E-state index contributed by atoms with van der Waals surface area (Å²) >= 11 is 0. The SMILES string of the molecule is CN1CCO[C@]12CC[C@@H]1[C@H]3CC[C@H]4C[C@@H](O)CC[C@]4(C)[C@@H]3CC[C@]12C. The Kier molecular flexibility index (Phi) is 3.71. The predicted molar refractivity (Wildman–Crippen MR) is 99.0 cm³/mol. The lowest BCUT2D eigenvalue weighted by Gasteiger charge is -2.62. The number of aliphatic hydroxyl groups is 1. The Hall–Kier alpha value is -0.120. The van der Waals surface area contributed by atoms with Gasteiger partial charge in [0.25, 0.3) is 0 Å². The summed E-state index contributed by atoms with van der Waals surface area (Å²) in [5.41, 5.74) is 0.863. The minimum atomic E-state index is -0.0289. The van der Waals surface area contributed by atoms with Gasteiger partial charge in [-0.15, -0.1) is 0 Å².